The monoisotopic (exact) mass is 324 g/mol. The maximum atomic E-state index is 6.55. The lowest BCUT2D eigenvalue weighted by atomic mass is 10.2. The predicted octanol–water partition coefficient (Wildman–Crippen LogP) is 4.37. The van der Waals surface area contributed by atoms with Crippen LogP contribution < -0.4 is 4.67 Å². The maximum Gasteiger partial charge on any atom is 0.218 e. The Balaban J connectivity index is 1.57. The molecule has 2 aliphatic heterocycles. The fourth-order valence-electron chi connectivity index (χ4n) is 3.68. The fraction of sp³-hybridized carbons (Fsp3) is 0.625. The van der Waals surface area contributed by atoms with Crippen LogP contribution in [0.1, 0.15) is 32.1 Å². The van der Waals surface area contributed by atoms with Gasteiger partial charge in [0.15, 0.2) is 0 Å². The van der Waals surface area contributed by atoms with Crippen molar-refractivity contribution in [1.29, 1.82) is 0 Å². The van der Waals surface area contributed by atoms with Crippen LogP contribution in [-0.2, 0) is 4.52 Å². The standard InChI is InChI=1S/C16H22ClN2OP/c17-15-9-4-10-16(15)20-21-18-11-5-8-14(18)12-19(21)13-6-2-1-3-7-13/h1-3,6-7,14-16H,4-5,8-12H2/t14-,15-,16-,21?/m0/s1. The van der Waals surface area contributed by atoms with Gasteiger partial charge in [-0.05, 0) is 44.2 Å². The molecule has 0 radical (unpaired) electrons. The van der Waals surface area contributed by atoms with E-state index in [1.807, 2.05) is 0 Å². The Hall–Kier alpha value is -0.340. The molecule has 1 aromatic carbocycles. The summed E-state index contributed by atoms with van der Waals surface area (Å²) in [7, 11) is -0.681. The number of rotatable bonds is 3. The van der Waals surface area contributed by atoms with E-state index in [2.05, 4.69) is 39.7 Å². The van der Waals surface area contributed by atoms with Crippen molar-refractivity contribution < 1.29 is 4.52 Å². The van der Waals surface area contributed by atoms with Crippen molar-refractivity contribution in [2.24, 2.45) is 0 Å². The van der Waals surface area contributed by atoms with Crippen LogP contribution in [-0.4, -0.2) is 35.3 Å². The molecule has 1 unspecified atom stereocenters. The summed E-state index contributed by atoms with van der Waals surface area (Å²) in [4.78, 5) is 0. The molecule has 5 heteroatoms. The van der Waals surface area contributed by atoms with Crippen molar-refractivity contribution >= 4 is 25.7 Å². The third kappa shape index (κ3) is 2.70. The number of fused-ring (bicyclic) bond motifs is 1. The number of benzene rings is 1. The van der Waals surface area contributed by atoms with E-state index in [1.165, 1.54) is 31.5 Å². The van der Waals surface area contributed by atoms with Crippen molar-refractivity contribution in [2.75, 3.05) is 17.8 Å². The number of alkyl halides is 1. The van der Waals surface area contributed by atoms with E-state index in [-0.39, 0.29) is 11.5 Å². The van der Waals surface area contributed by atoms with Gasteiger partial charge >= 0.3 is 0 Å². The molecule has 0 amide bonds. The molecule has 114 valence electrons. The van der Waals surface area contributed by atoms with Crippen molar-refractivity contribution in [3.63, 3.8) is 0 Å². The molecule has 4 atom stereocenters. The van der Waals surface area contributed by atoms with Crippen LogP contribution in [0.2, 0.25) is 0 Å². The number of halogens is 1. The largest absolute Gasteiger partial charge is 0.322 e. The number of hydrogen-bond donors (Lipinski definition) is 0. The molecule has 0 spiro atoms. The average Bonchev–Trinajstić information content (AvgIpc) is 3.19. The van der Waals surface area contributed by atoms with E-state index >= 15 is 0 Å². The van der Waals surface area contributed by atoms with Crippen LogP contribution >= 0.6 is 20.1 Å². The first-order chi connectivity index (χ1) is 10.3. The highest BCUT2D eigenvalue weighted by Gasteiger charge is 2.46. The number of hydrogen-bond acceptors (Lipinski definition) is 3. The van der Waals surface area contributed by atoms with Crippen LogP contribution in [0.25, 0.3) is 0 Å². The van der Waals surface area contributed by atoms with Gasteiger partial charge in [0.05, 0.1) is 11.5 Å². The minimum atomic E-state index is -0.681. The lowest BCUT2D eigenvalue weighted by molar-refractivity contribution is 0.220. The molecule has 2 heterocycles. The second-order valence-corrected chi connectivity index (χ2v) is 8.49. The molecule has 2 saturated heterocycles. The van der Waals surface area contributed by atoms with E-state index in [4.69, 9.17) is 16.1 Å². The number of para-hydroxylation sites is 1. The summed E-state index contributed by atoms with van der Waals surface area (Å²) in [5.74, 6) is 0. The number of nitrogens with zero attached hydrogens (tertiary/aromatic N) is 2. The predicted molar refractivity (Wildman–Crippen MR) is 88.8 cm³/mol. The van der Waals surface area contributed by atoms with Crippen LogP contribution in [0.4, 0.5) is 5.69 Å². The average molecular weight is 325 g/mol. The van der Waals surface area contributed by atoms with Gasteiger partial charge in [0.1, 0.15) is 0 Å². The zero-order valence-corrected chi connectivity index (χ0v) is 13.8. The first-order valence-corrected chi connectivity index (χ1v) is 9.63. The van der Waals surface area contributed by atoms with Crippen LogP contribution in [0.5, 0.6) is 0 Å². The van der Waals surface area contributed by atoms with Crippen molar-refractivity contribution in [2.45, 2.75) is 49.6 Å². The summed E-state index contributed by atoms with van der Waals surface area (Å²) in [5, 5.41) is 0.201. The SMILES string of the molecule is Cl[C@H]1CCC[C@@H]1OP1N(c2ccccc2)C[C@@H]2CCCN21. The first-order valence-electron chi connectivity index (χ1n) is 8.03. The van der Waals surface area contributed by atoms with Gasteiger partial charge in [-0.25, -0.2) is 4.67 Å². The fourth-order valence-corrected chi connectivity index (χ4v) is 6.53. The molecule has 0 bridgehead atoms. The number of anilines is 1. The van der Waals surface area contributed by atoms with Crippen LogP contribution in [0.15, 0.2) is 30.3 Å². The van der Waals surface area contributed by atoms with Gasteiger partial charge in [0, 0.05) is 24.8 Å². The summed E-state index contributed by atoms with van der Waals surface area (Å²) in [5.41, 5.74) is 1.29. The molecule has 1 saturated carbocycles. The molecule has 3 fully saturated rings. The Bertz CT molecular complexity index is 488. The summed E-state index contributed by atoms with van der Waals surface area (Å²) in [6.07, 6.45) is 6.28. The maximum absolute atomic E-state index is 6.55. The van der Waals surface area contributed by atoms with Gasteiger partial charge in [-0.15, -0.1) is 11.6 Å². The topological polar surface area (TPSA) is 15.7 Å². The summed E-state index contributed by atoms with van der Waals surface area (Å²) in [6, 6.07) is 11.4. The van der Waals surface area contributed by atoms with E-state index in [1.54, 1.807) is 0 Å². The van der Waals surface area contributed by atoms with Gasteiger partial charge in [-0.3, -0.25) is 0 Å². The molecule has 3 aliphatic rings. The molecule has 1 aliphatic carbocycles. The Kier molecular flexibility index (Phi) is 4.10. The molecular weight excluding hydrogens is 303 g/mol. The quantitative estimate of drug-likeness (QED) is 0.606. The first kappa shape index (κ1) is 14.3. The molecule has 0 aromatic heterocycles. The third-order valence-corrected chi connectivity index (χ3v) is 7.54. The smallest absolute Gasteiger partial charge is 0.218 e. The van der Waals surface area contributed by atoms with Gasteiger partial charge in [-0.1, -0.05) is 18.2 Å². The summed E-state index contributed by atoms with van der Waals surface area (Å²) in [6.45, 7) is 2.29. The van der Waals surface area contributed by atoms with Crippen molar-refractivity contribution in [3.8, 4) is 0 Å². The Morgan fingerprint density at radius 3 is 2.71 bits per heavy atom. The lowest BCUT2D eigenvalue weighted by Crippen LogP contribution is -2.24. The van der Waals surface area contributed by atoms with Crippen molar-refractivity contribution in [1.82, 2.24) is 4.67 Å². The molecular formula is C16H22ClN2OP. The van der Waals surface area contributed by atoms with Crippen molar-refractivity contribution in [3.05, 3.63) is 30.3 Å². The van der Waals surface area contributed by atoms with Gasteiger partial charge in [0.25, 0.3) is 0 Å². The van der Waals surface area contributed by atoms with Gasteiger partial charge < -0.3 is 9.19 Å². The molecule has 0 N–H and O–H groups in total. The highest BCUT2D eigenvalue weighted by Crippen LogP contribution is 2.58. The van der Waals surface area contributed by atoms with Crippen LogP contribution in [0, 0.1) is 0 Å². The lowest BCUT2D eigenvalue weighted by Gasteiger charge is -2.32. The van der Waals surface area contributed by atoms with Gasteiger partial charge in [0.2, 0.25) is 8.45 Å². The Labute approximate surface area is 133 Å². The second kappa shape index (κ2) is 6.04. The van der Waals surface area contributed by atoms with E-state index in [0.29, 0.717) is 6.04 Å². The highest BCUT2D eigenvalue weighted by atomic mass is 35.5. The molecule has 1 aromatic rings. The Morgan fingerprint density at radius 1 is 1.10 bits per heavy atom. The van der Waals surface area contributed by atoms with E-state index in [9.17, 15) is 0 Å². The van der Waals surface area contributed by atoms with E-state index < -0.39 is 8.45 Å². The molecule has 21 heavy (non-hydrogen) atoms. The minimum Gasteiger partial charge on any atom is -0.322 e. The summed E-state index contributed by atoms with van der Waals surface area (Å²) >= 11 is 6.44. The second-order valence-electron chi connectivity index (χ2n) is 6.22. The highest BCUT2D eigenvalue weighted by molar-refractivity contribution is 7.52. The zero-order chi connectivity index (χ0) is 14.2. The zero-order valence-electron chi connectivity index (χ0n) is 12.2. The molecule has 3 nitrogen and oxygen atoms in total. The van der Waals surface area contributed by atoms with Crippen LogP contribution in [0.3, 0.4) is 0 Å². The minimum absolute atomic E-state index is 0.201. The normalized spacial score (nSPS) is 36.3. The summed E-state index contributed by atoms with van der Waals surface area (Å²) < 4.78 is 11.6. The van der Waals surface area contributed by atoms with E-state index in [0.717, 1.165) is 19.4 Å². The molecule has 4 rings (SSSR count). The van der Waals surface area contributed by atoms with Gasteiger partial charge in [-0.2, -0.15) is 0 Å². The third-order valence-electron chi connectivity index (χ3n) is 4.81. The Morgan fingerprint density at radius 2 is 1.95 bits per heavy atom.